The van der Waals surface area contributed by atoms with Gasteiger partial charge in [0.25, 0.3) is 0 Å². The summed E-state index contributed by atoms with van der Waals surface area (Å²) in [5, 5.41) is 2.16. The van der Waals surface area contributed by atoms with Gasteiger partial charge in [0.05, 0.1) is 6.67 Å². The van der Waals surface area contributed by atoms with Crippen LogP contribution in [-0.4, -0.2) is 43.8 Å². The maximum Gasteiger partial charge on any atom is 0.0654 e. The molecule has 1 fully saturated rings. The van der Waals surface area contributed by atoms with Crippen molar-refractivity contribution in [3.05, 3.63) is 0 Å². The molecular weight excluding hydrogens is 128 g/mol. The fourth-order valence-electron chi connectivity index (χ4n) is 1.03. The average Bonchev–Trinajstić information content (AvgIpc) is 1.88. The van der Waals surface area contributed by atoms with Gasteiger partial charge < -0.3 is 0 Å². The van der Waals surface area contributed by atoms with E-state index in [1.165, 1.54) is 6.42 Å². The molecule has 1 aliphatic heterocycles. The molecule has 1 aliphatic rings. The number of hydrogen-bond donors (Lipinski definition) is 2. The molecule has 0 aliphatic carbocycles. The highest BCUT2D eigenvalue weighted by Gasteiger charge is 2.07. The summed E-state index contributed by atoms with van der Waals surface area (Å²) in [6.45, 7) is 3.17. The van der Waals surface area contributed by atoms with Crippen LogP contribution in [0.15, 0.2) is 0 Å². The Morgan fingerprint density at radius 2 is 2.30 bits per heavy atom. The SMILES string of the molecule is CN(C)CN1CCCNN1. The van der Waals surface area contributed by atoms with Gasteiger partial charge in [0, 0.05) is 13.1 Å². The fourth-order valence-corrected chi connectivity index (χ4v) is 1.03. The Morgan fingerprint density at radius 1 is 1.50 bits per heavy atom. The van der Waals surface area contributed by atoms with E-state index >= 15 is 0 Å². The molecule has 10 heavy (non-hydrogen) atoms. The lowest BCUT2D eigenvalue weighted by molar-refractivity contribution is 0.0666. The molecule has 1 heterocycles. The topological polar surface area (TPSA) is 30.5 Å². The Morgan fingerprint density at radius 3 is 2.80 bits per heavy atom. The predicted molar refractivity (Wildman–Crippen MR) is 41.0 cm³/mol. The number of hydrogen-bond acceptors (Lipinski definition) is 4. The van der Waals surface area contributed by atoms with Crippen LogP contribution in [-0.2, 0) is 0 Å². The third-order valence-corrected chi connectivity index (χ3v) is 1.42. The zero-order valence-electron chi connectivity index (χ0n) is 6.72. The highest BCUT2D eigenvalue weighted by Crippen LogP contribution is 1.90. The molecule has 0 radical (unpaired) electrons. The summed E-state index contributed by atoms with van der Waals surface area (Å²) in [6, 6.07) is 0. The molecule has 0 aromatic rings. The molecule has 4 nitrogen and oxygen atoms in total. The van der Waals surface area contributed by atoms with Crippen molar-refractivity contribution in [3.63, 3.8) is 0 Å². The minimum absolute atomic E-state index is 0.965. The molecule has 0 unspecified atom stereocenters. The molecule has 0 atom stereocenters. The van der Waals surface area contributed by atoms with Gasteiger partial charge in [-0.3, -0.25) is 4.90 Å². The first-order chi connectivity index (χ1) is 4.79. The van der Waals surface area contributed by atoms with E-state index in [1.807, 2.05) is 0 Å². The number of rotatable bonds is 2. The van der Waals surface area contributed by atoms with Gasteiger partial charge in [-0.25, -0.2) is 10.4 Å². The van der Waals surface area contributed by atoms with E-state index in [4.69, 9.17) is 0 Å². The van der Waals surface area contributed by atoms with E-state index in [2.05, 4.69) is 35.0 Å². The van der Waals surface area contributed by atoms with Gasteiger partial charge in [0.2, 0.25) is 0 Å². The Labute approximate surface area is 62.1 Å². The van der Waals surface area contributed by atoms with E-state index in [0.29, 0.717) is 0 Å². The first kappa shape index (κ1) is 7.94. The monoisotopic (exact) mass is 144 g/mol. The second-order valence-corrected chi connectivity index (χ2v) is 2.88. The van der Waals surface area contributed by atoms with Crippen LogP contribution in [0.2, 0.25) is 0 Å². The Balaban J connectivity index is 2.13. The van der Waals surface area contributed by atoms with Gasteiger partial charge in [-0.1, -0.05) is 0 Å². The normalized spacial score (nSPS) is 21.9. The van der Waals surface area contributed by atoms with E-state index in [9.17, 15) is 0 Å². The summed E-state index contributed by atoms with van der Waals surface area (Å²) in [6.07, 6.45) is 1.22. The zero-order chi connectivity index (χ0) is 7.40. The maximum atomic E-state index is 3.09. The smallest absolute Gasteiger partial charge is 0.0654 e. The van der Waals surface area contributed by atoms with E-state index in [1.54, 1.807) is 0 Å². The van der Waals surface area contributed by atoms with Crippen molar-refractivity contribution in [2.24, 2.45) is 0 Å². The van der Waals surface area contributed by atoms with Crippen LogP contribution < -0.4 is 11.0 Å². The average molecular weight is 144 g/mol. The third-order valence-electron chi connectivity index (χ3n) is 1.42. The molecule has 0 aromatic carbocycles. The molecule has 0 spiro atoms. The van der Waals surface area contributed by atoms with Crippen LogP contribution >= 0.6 is 0 Å². The molecule has 60 valence electrons. The van der Waals surface area contributed by atoms with Gasteiger partial charge in [-0.05, 0) is 20.5 Å². The van der Waals surface area contributed by atoms with Crippen molar-refractivity contribution >= 4 is 0 Å². The summed E-state index contributed by atoms with van der Waals surface area (Å²) < 4.78 is 0. The summed E-state index contributed by atoms with van der Waals surface area (Å²) in [5.74, 6) is 0. The molecule has 0 saturated carbocycles. The van der Waals surface area contributed by atoms with E-state index in [0.717, 1.165) is 19.8 Å². The summed E-state index contributed by atoms with van der Waals surface area (Å²) in [4.78, 5) is 2.14. The van der Waals surface area contributed by atoms with Crippen LogP contribution in [0.4, 0.5) is 0 Å². The van der Waals surface area contributed by atoms with Gasteiger partial charge in [-0.2, -0.15) is 5.53 Å². The number of nitrogens with one attached hydrogen (secondary N) is 2. The fraction of sp³-hybridized carbons (Fsp3) is 1.00. The van der Waals surface area contributed by atoms with Crippen LogP contribution in [0.1, 0.15) is 6.42 Å². The van der Waals surface area contributed by atoms with Gasteiger partial charge >= 0.3 is 0 Å². The van der Waals surface area contributed by atoms with Crippen molar-refractivity contribution < 1.29 is 0 Å². The van der Waals surface area contributed by atoms with Gasteiger partial charge in [0.1, 0.15) is 0 Å². The molecule has 1 rings (SSSR count). The first-order valence-electron chi connectivity index (χ1n) is 3.67. The number of nitrogens with zero attached hydrogens (tertiary/aromatic N) is 2. The highest BCUT2D eigenvalue weighted by atomic mass is 15.7. The van der Waals surface area contributed by atoms with E-state index in [-0.39, 0.29) is 0 Å². The van der Waals surface area contributed by atoms with Crippen molar-refractivity contribution in [2.45, 2.75) is 6.42 Å². The van der Waals surface area contributed by atoms with E-state index < -0.39 is 0 Å². The van der Waals surface area contributed by atoms with Gasteiger partial charge in [-0.15, -0.1) is 0 Å². The molecule has 0 aromatic heterocycles. The highest BCUT2D eigenvalue weighted by molar-refractivity contribution is 4.55. The molecule has 1 saturated heterocycles. The van der Waals surface area contributed by atoms with Crippen LogP contribution in [0.5, 0.6) is 0 Å². The third kappa shape index (κ3) is 2.62. The largest absolute Gasteiger partial charge is 0.296 e. The van der Waals surface area contributed by atoms with Crippen molar-refractivity contribution in [3.8, 4) is 0 Å². The molecule has 4 heteroatoms. The quantitative estimate of drug-likeness (QED) is 0.532. The van der Waals surface area contributed by atoms with Crippen molar-refractivity contribution in [1.82, 2.24) is 20.9 Å². The summed E-state index contributed by atoms with van der Waals surface area (Å²) >= 11 is 0. The second kappa shape index (κ2) is 3.88. The predicted octanol–water partition coefficient (Wildman–Crippen LogP) is -0.780. The Kier molecular flexibility index (Phi) is 3.08. The molecule has 0 bridgehead atoms. The minimum Gasteiger partial charge on any atom is -0.296 e. The van der Waals surface area contributed by atoms with Crippen LogP contribution in [0.25, 0.3) is 0 Å². The van der Waals surface area contributed by atoms with Crippen LogP contribution in [0.3, 0.4) is 0 Å². The lowest BCUT2D eigenvalue weighted by Crippen LogP contribution is -2.55. The maximum absolute atomic E-state index is 3.09. The summed E-state index contributed by atoms with van der Waals surface area (Å²) in [7, 11) is 4.13. The lowest BCUT2D eigenvalue weighted by Gasteiger charge is -2.30. The second-order valence-electron chi connectivity index (χ2n) is 2.88. The molecule has 0 amide bonds. The molecular formula is C6H16N4. The molecule has 2 N–H and O–H groups in total. The Bertz CT molecular complexity index is 87.7. The van der Waals surface area contributed by atoms with Gasteiger partial charge in [0.15, 0.2) is 0 Å². The lowest BCUT2D eigenvalue weighted by atomic mass is 10.4. The van der Waals surface area contributed by atoms with Crippen molar-refractivity contribution in [2.75, 3.05) is 33.9 Å². The first-order valence-corrected chi connectivity index (χ1v) is 3.67. The number of hydrazine groups is 2. The van der Waals surface area contributed by atoms with Crippen LogP contribution in [0, 0.1) is 0 Å². The standard InChI is InChI=1S/C6H16N4/c1-9(2)6-10-5-3-4-7-8-10/h7-8H,3-6H2,1-2H3. The Hall–Kier alpha value is -0.160. The zero-order valence-corrected chi connectivity index (χ0v) is 6.72. The summed E-state index contributed by atoms with van der Waals surface area (Å²) in [5.41, 5.74) is 6.18. The minimum atomic E-state index is 0.965. The van der Waals surface area contributed by atoms with Crippen molar-refractivity contribution in [1.29, 1.82) is 0 Å².